The number of para-hydroxylation sites is 1. The Kier molecular flexibility index (Phi) is 4.33. The highest BCUT2D eigenvalue weighted by molar-refractivity contribution is 5.95. The number of hydrogen-bond donors (Lipinski definition) is 2. The van der Waals surface area contributed by atoms with E-state index in [-0.39, 0.29) is 12.3 Å². The standard InChI is InChI=1S/C19H19N3O2/c1-13-5-3-4-6-17(13)22-10-9-15-7-8-16(11-18(15)22)21-19(24)20-12-14(2)23/h3-11H,12H2,1-2H3,(H2,20,21,24). The third kappa shape index (κ3) is 3.30. The van der Waals surface area contributed by atoms with Gasteiger partial charge >= 0.3 is 6.03 Å². The molecule has 1 heterocycles. The molecule has 0 aliphatic rings. The van der Waals surface area contributed by atoms with Crippen LogP contribution in [0.4, 0.5) is 10.5 Å². The average molecular weight is 321 g/mol. The minimum absolute atomic E-state index is 0.0215. The SMILES string of the molecule is CC(=O)CNC(=O)Nc1ccc2ccn(-c3ccccc3C)c2c1. The normalized spacial score (nSPS) is 10.6. The first-order valence-corrected chi connectivity index (χ1v) is 7.76. The molecule has 0 saturated heterocycles. The molecule has 0 spiro atoms. The number of anilines is 1. The minimum atomic E-state index is -0.390. The van der Waals surface area contributed by atoms with Crippen molar-refractivity contribution in [3.63, 3.8) is 0 Å². The van der Waals surface area contributed by atoms with Crippen molar-refractivity contribution in [2.75, 3.05) is 11.9 Å². The van der Waals surface area contributed by atoms with Gasteiger partial charge in [-0.05, 0) is 43.7 Å². The van der Waals surface area contributed by atoms with Gasteiger partial charge in [-0.25, -0.2) is 4.79 Å². The van der Waals surface area contributed by atoms with Gasteiger partial charge in [-0.2, -0.15) is 0 Å². The lowest BCUT2D eigenvalue weighted by atomic mass is 10.2. The lowest BCUT2D eigenvalue weighted by Gasteiger charge is -2.11. The number of Topliss-reactive ketones (excluding diaryl/α,β-unsaturated/α-hetero) is 1. The van der Waals surface area contributed by atoms with Crippen LogP contribution in [-0.4, -0.2) is 22.9 Å². The van der Waals surface area contributed by atoms with Crippen molar-refractivity contribution in [3.8, 4) is 5.69 Å². The lowest BCUT2D eigenvalue weighted by molar-refractivity contribution is -0.116. The van der Waals surface area contributed by atoms with Crippen LogP contribution in [0, 0.1) is 6.92 Å². The molecule has 3 aromatic rings. The second-order valence-electron chi connectivity index (χ2n) is 5.76. The topological polar surface area (TPSA) is 63.1 Å². The van der Waals surface area contributed by atoms with Gasteiger partial charge in [0.25, 0.3) is 0 Å². The smallest absolute Gasteiger partial charge is 0.319 e. The number of aromatic nitrogens is 1. The number of ketones is 1. The average Bonchev–Trinajstić information content (AvgIpc) is 2.96. The summed E-state index contributed by atoms with van der Waals surface area (Å²) in [6.45, 7) is 3.52. The highest BCUT2D eigenvalue weighted by Gasteiger charge is 2.08. The number of aryl methyl sites for hydroxylation is 1. The van der Waals surface area contributed by atoms with Gasteiger partial charge in [0, 0.05) is 23.0 Å². The molecule has 0 atom stereocenters. The molecular formula is C19H19N3O2. The molecule has 0 fully saturated rings. The second kappa shape index (κ2) is 6.58. The van der Waals surface area contributed by atoms with Crippen LogP contribution in [0.3, 0.4) is 0 Å². The number of carbonyl (C=O) groups excluding carboxylic acids is 2. The van der Waals surface area contributed by atoms with Crippen molar-refractivity contribution >= 4 is 28.4 Å². The summed E-state index contributed by atoms with van der Waals surface area (Å²) in [6.07, 6.45) is 2.02. The van der Waals surface area contributed by atoms with E-state index < -0.39 is 6.03 Å². The Hall–Kier alpha value is -3.08. The molecule has 5 nitrogen and oxygen atoms in total. The van der Waals surface area contributed by atoms with E-state index >= 15 is 0 Å². The second-order valence-corrected chi connectivity index (χ2v) is 5.76. The first-order valence-electron chi connectivity index (χ1n) is 7.76. The molecule has 2 amide bonds. The van der Waals surface area contributed by atoms with Gasteiger partial charge in [0.05, 0.1) is 12.1 Å². The van der Waals surface area contributed by atoms with E-state index in [1.54, 1.807) is 0 Å². The van der Waals surface area contributed by atoms with Crippen molar-refractivity contribution < 1.29 is 9.59 Å². The summed E-state index contributed by atoms with van der Waals surface area (Å²) in [4.78, 5) is 22.7. The summed E-state index contributed by atoms with van der Waals surface area (Å²) in [7, 11) is 0. The van der Waals surface area contributed by atoms with Gasteiger partial charge in [-0.3, -0.25) is 4.79 Å². The molecule has 0 aliphatic heterocycles. The Morgan fingerprint density at radius 1 is 1.08 bits per heavy atom. The van der Waals surface area contributed by atoms with Crippen LogP contribution in [0.15, 0.2) is 54.7 Å². The zero-order valence-electron chi connectivity index (χ0n) is 13.7. The molecule has 2 aromatic carbocycles. The van der Waals surface area contributed by atoms with Gasteiger partial charge in [0.2, 0.25) is 0 Å². The highest BCUT2D eigenvalue weighted by atomic mass is 16.2. The summed E-state index contributed by atoms with van der Waals surface area (Å²) in [5.41, 5.74) is 3.96. The maximum atomic E-state index is 11.8. The van der Waals surface area contributed by atoms with E-state index in [0.29, 0.717) is 5.69 Å². The molecule has 0 aliphatic carbocycles. The number of urea groups is 1. The van der Waals surface area contributed by atoms with Gasteiger partial charge in [-0.1, -0.05) is 24.3 Å². The lowest BCUT2D eigenvalue weighted by Crippen LogP contribution is -2.32. The van der Waals surface area contributed by atoms with Crippen molar-refractivity contribution in [2.45, 2.75) is 13.8 Å². The van der Waals surface area contributed by atoms with E-state index in [9.17, 15) is 9.59 Å². The molecule has 0 unspecified atom stereocenters. The summed E-state index contributed by atoms with van der Waals surface area (Å²) < 4.78 is 2.10. The van der Waals surface area contributed by atoms with Crippen LogP contribution in [-0.2, 0) is 4.79 Å². The molecule has 0 bridgehead atoms. The number of hydrogen-bond acceptors (Lipinski definition) is 2. The number of nitrogens with one attached hydrogen (secondary N) is 2. The fourth-order valence-electron chi connectivity index (χ4n) is 2.63. The van der Waals surface area contributed by atoms with Crippen LogP contribution in [0.2, 0.25) is 0 Å². The van der Waals surface area contributed by atoms with Crippen molar-refractivity contribution in [1.82, 2.24) is 9.88 Å². The van der Waals surface area contributed by atoms with E-state index in [0.717, 1.165) is 16.6 Å². The molecule has 122 valence electrons. The van der Waals surface area contributed by atoms with Crippen LogP contribution in [0.1, 0.15) is 12.5 Å². The van der Waals surface area contributed by atoms with Crippen LogP contribution < -0.4 is 10.6 Å². The Morgan fingerprint density at radius 3 is 2.62 bits per heavy atom. The molecule has 5 heteroatoms. The monoisotopic (exact) mass is 321 g/mol. The van der Waals surface area contributed by atoms with Crippen molar-refractivity contribution in [1.29, 1.82) is 0 Å². The molecule has 0 saturated carbocycles. The zero-order chi connectivity index (χ0) is 17.1. The van der Waals surface area contributed by atoms with E-state index in [2.05, 4.69) is 34.3 Å². The van der Waals surface area contributed by atoms with Crippen LogP contribution in [0.5, 0.6) is 0 Å². The largest absolute Gasteiger partial charge is 0.331 e. The van der Waals surface area contributed by atoms with Gasteiger partial charge in [0.1, 0.15) is 5.78 Å². The van der Waals surface area contributed by atoms with Crippen molar-refractivity contribution in [2.24, 2.45) is 0 Å². The maximum Gasteiger partial charge on any atom is 0.319 e. The highest BCUT2D eigenvalue weighted by Crippen LogP contribution is 2.25. The molecule has 0 radical (unpaired) electrons. The Labute approximate surface area is 140 Å². The van der Waals surface area contributed by atoms with Crippen LogP contribution in [0.25, 0.3) is 16.6 Å². The van der Waals surface area contributed by atoms with Gasteiger partial charge < -0.3 is 15.2 Å². The summed E-state index contributed by atoms with van der Waals surface area (Å²) in [5, 5.41) is 6.37. The van der Waals surface area contributed by atoms with Gasteiger partial charge in [0.15, 0.2) is 0 Å². The predicted octanol–water partition coefficient (Wildman–Crippen LogP) is 3.65. The quantitative estimate of drug-likeness (QED) is 0.770. The zero-order valence-corrected chi connectivity index (χ0v) is 13.7. The third-order valence-electron chi connectivity index (χ3n) is 3.82. The Morgan fingerprint density at radius 2 is 1.88 bits per heavy atom. The minimum Gasteiger partial charge on any atom is -0.331 e. The Balaban J connectivity index is 1.90. The fraction of sp³-hybridized carbons (Fsp3) is 0.158. The van der Waals surface area contributed by atoms with E-state index in [1.807, 2.05) is 42.6 Å². The van der Waals surface area contributed by atoms with Crippen molar-refractivity contribution in [3.05, 3.63) is 60.3 Å². The fourth-order valence-corrected chi connectivity index (χ4v) is 2.63. The number of amides is 2. The first-order chi connectivity index (χ1) is 11.5. The molecule has 2 N–H and O–H groups in total. The molecule has 24 heavy (non-hydrogen) atoms. The van der Waals surface area contributed by atoms with Gasteiger partial charge in [-0.15, -0.1) is 0 Å². The number of nitrogens with zero attached hydrogens (tertiary/aromatic N) is 1. The number of fused-ring (bicyclic) bond motifs is 1. The maximum absolute atomic E-state index is 11.8. The Bertz CT molecular complexity index is 912. The van der Waals surface area contributed by atoms with E-state index in [4.69, 9.17) is 0 Å². The number of carbonyl (C=O) groups is 2. The number of benzene rings is 2. The predicted molar refractivity (Wildman–Crippen MR) is 95.7 cm³/mol. The summed E-state index contributed by atoms with van der Waals surface area (Å²) in [5.74, 6) is -0.0889. The third-order valence-corrected chi connectivity index (χ3v) is 3.82. The van der Waals surface area contributed by atoms with Crippen LogP contribution >= 0.6 is 0 Å². The van der Waals surface area contributed by atoms with E-state index in [1.165, 1.54) is 12.5 Å². The summed E-state index contributed by atoms with van der Waals surface area (Å²) >= 11 is 0. The molecule has 3 rings (SSSR count). The molecule has 1 aromatic heterocycles. The molecular weight excluding hydrogens is 302 g/mol. The summed E-state index contributed by atoms with van der Waals surface area (Å²) in [6, 6.07) is 15.5. The number of rotatable bonds is 4. The first kappa shape index (κ1) is 15.8.